The number of benzene rings is 1. The third kappa shape index (κ3) is 2.50. The van der Waals surface area contributed by atoms with Crippen molar-refractivity contribution in [2.24, 2.45) is 17.3 Å². The van der Waals surface area contributed by atoms with Gasteiger partial charge < -0.3 is 18.8 Å². The molecule has 1 aromatic carbocycles. The van der Waals surface area contributed by atoms with Gasteiger partial charge in [-0.25, -0.2) is 4.79 Å². The Balaban J connectivity index is 1.39. The maximum absolute atomic E-state index is 12.3. The number of para-hydroxylation sites is 1. The third-order valence-corrected chi connectivity index (χ3v) is 7.35. The number of hydrogen-bond donors (Lipinski definition) is 0. The highest BCUT2D eigenvalue weighted by molar-refractivity contribution is 6.52. The summed E-state index contributed by atoms with van der Waals surface area (Å²) < 4.78 is 23.9. The summed E-state index contributed by atoms with van der Waals surface area (Å²) in [7, 11) is -0.385. The molecule has 0 N–H and O–H groups in total. The molecule has 3 unspecified atom stereocenters. The summed E-state index contributed by atoms with van der Waals surface area (Å²) in [6, 6.07) is 5.47. The first-order chi connectivity index (χ1) is 13.1. The van der Waals surface area contributed by atoms with Crippen LogP contribution in [0.1, 0.15) is 63.4 Å². The van der Waals surface area contributed by atoms with Gasteiger partial charge in [-0.15, -0.1) is 0 Å². The molecule has 148 valence electrons. The molecule has 4 fully saturated rings. The molecule has 3 aliphatic carbocycles. The smallest absolute Gasteiger partial charge is 0.451 e. The minimum atomic E-state index is -0.983. The van der Waals surface area contributed by atoms with Gasteiger partial charge in [0.2, 0.25) is 5.79 Å². The summed E-state index contributed by atoms with van der Waals surface area (Å²) >= 11 is 0. The molecular formula is C22H27BO5. The number of rotatable bonds is 2. The standard InChI is InChI=1S/C22H27BO5/c1-20(2)14-11-16(20)22(5)17(12-14)27-23(28-22)10-9-13-7-6-8-15-18(13)25-21(3,4)26-19(15)24/h6-10,14,16-17H,11-12H2,1-5H3/b10-9-/t14?,16?,17?,22-/m0/s1. The zero-order chi connectivity index (χ0) is 19.9. The van der Waals surface area contributed by atoms with Crippen LogP contribution in [0.4, 0.5) is 0 Å². The summed E-state index contributed by atoms with van der Waals surface area (Å²) in [5.74, 6) is 2.39. The first-order valence-corrected chi connectivity index (χ1v) is 10.2. The van der Waals surface area contributed by atoms with Gasteiger partial charge in [0.25, 0.3) is 0 Å². The molecule has 28 heavy (non-hydrogen) atoms. The van der Waals surface area contributed by atoms with E-state index in [0.29, 0.717) is 22.6 Å². The summed E-state index contributed by atoms with van der Waals surface area (Å²) in [5.41, 5.74) is 1.36. The van der Waals surface area contributed by atoms with E-state index in [4.69, 9.17) is 18.8 Å². The van der Waals surface area contributed by atoms with Gasteiger partial charge in [-0.2, -0.15) is 0 Å². The number of carbonyl (C=O) groups excluding carboxylic acids is 1. The molecule has 2 heterocycles. The summed E-state index contributed by atoms with van der Waals surface area (Å²) in [6.45, 7) is 10.4. The number of esters is 1. The minimum Gasteiger partial charge on any atom is -0.451 e. The first kappa shape index (κ1) is 18.3. The molecular weight excluding hydrogens is 355 g/mol. The molecule has 0 aromatic heterocycles. The number of cyclic esters (lactones) is 1. The van der Waals surface area contributed by atoms with E-state index in [1.807, 2.05) is 24.2 Å². The van der Waals surface area contributed by atoms with E-state index in [0.717, 1.165) is 17.9 Å². The van der Waals surface area contributed by atoms with E-state index in [2.05, 4.69) is 20.8 Å². The molecule has 5 nitrogen and oxygen atoms in total. The predicted octanol–water partition coefficient (Wildman–Crippen LogP) is 4.25. The second kappa shape index (κ2) is 5.64. The quantitative estimate of drug-likeness (QED) is 0.565. The topological polar surface area (TPSA) is 54.0 Å². The van der Waals surface area contributed by atoms with Crippen molar-refractivity contribution >= 4 is 19.2 Å². The molecule has 3 saturated carbocycles. The normalized spacial score (nSPS) is 37.0. The van der Waals surface area contributed by atoms with Crippen molar-refractivity contribution in [1.29, 1.82) is 0 Å². The van der Waals surface area contributed by atoms with E-state index >= 15 is 0 Å². The molecule has 5 aliphatic rings. The predicted molar refractivity (Wildman–Crippen MR) is 106 cm³/mol. The van der Waals surface area contributed by atoms with Crippen molar-refractivity contribution in [3.63, 3.8) is 0 Å². The van der Waals surface area contributed by atoms with Crippen molar-refractivity contribution in [3.8, 4) is 5.75 Å². The highest BCUT2D eigenvalue weighted by Crippen LogP contribution is 2.65. The number of ether oxygens (including phenoxy) is 2. The maximum atomic E-state index is 12.3. The van der Waals surface area contributed by atoms with Crippen LogP contribution >= 0.6 is 0 Å². The molecule has 0 spiro atoms. The Bertz CT molecular complexity index is 876. The third-order valence-electron chi connectivity index (χ3n) is 7.35. The monoisotopic (exact) mass is 382 g/mol. The van der Waals surface area contributed by atoms with Crippen LogP contribution in [0.25, 0.3) is 6.08 Å². The maximum Gasteiger partial charge on any atom is 0.486 e. The lowest BCUT2D eigenvalue weighted by molar-refractivity contribution is -0.199. The summed E-state index contributed by atoms with van der Waals surface area (Å²) in [4.78, 5) is 12.3. The van der Waals surface area contributed by atoms with Gasteiger partial charge in [-0.1, -0.05) is 38.0 Å². The van der Waals surface area contributed by atoms with Crippen LogP contribution < -0.4 is 4.74 Å². The SMILES string of the molecule is CC1(C)OC(=O)c2cccc(/C=C\B3OC4CC5CC(C5(C)C)[C@]4(C)O3)c2O1. The van der Waals surface area contributed by atoms with E-state index in [1.165, 1.54) is 6.42 Å². The molecule has 0 radical (unpaired) electrons. The lowest BCUT2D eigenvalue weighted by Crippen LogP contribution is -2.65. The number of fused-ring (bicyclic) bond motifs is 1. The van der Waals surface area contributed by atoms with Gasteiger partial charge in [0.15, 0.2) is 0 Å². The second-order valence-electron chi connectivity index (χ2n) is 9.81. The molecule has 0 amide bonds. The fourth-order valence-corrected chi connectivity index (χ4v) is 5.67. The number of hydrogen-bond acceptors (Lipinski definition) is 5. The molecule has 2 aliphatic heterocycles. The minimum absolute atomic E-state index is 0.147. The second-order valence-corrected chi connectivity index (χ2v) is 9.81. The zero-order valence-electron chi connectivity index (χ0n) is 17.2. The van der Waals surface area contributed by atoms with Gasteiger partial charge in [0.1, 0.15) is 11.3 Å². The molecule has 6 heteroatoms. The van der Waals surface area contributed by atoms with Gasteiger partial charge in [-0.3, -0.25) is 0 Å². The van der Waals surface area contributed by atoms with Gasteiger partial charge in [0, 0.05) is 19.4 Å². The average molecular weight is 382 g/mol. The molecule has 1 aromatic rings. The highest BCUT2D eigenvalue weighted by atomic mass is 16.7. The van der Waals surface area contributed by atoms with Crippen LogP contribution in [0.3, 0.4) is 0 Å². The number of carbonyl (C=O) groups is 1. The van der Waals surface area contributed by atoms with Crippen LogP contribution in [0.5, 0.6) is 5.75 Å². The van der Waals surface area contributed by atoms with Crippen LogP contribution in [0.2, 0.25) is 0 Å². The van der Waals surface area contributed by atoms with Crippen molar-refractivity contribution in [3.05, 3.63) is 35.3 Å². The van der Waals surface area contributed by atoms with Gasteiger partial charge >= 0.3 is 13.1 Å². The van der Waals surface area contributed by atoms with Crippen molar-refractivity contribution in [2.75, 3.05) is 0 Å². The van der Waals surface area contributed by atoms with Crippen LogP contribution in [-0.4, -0.2) is 30.6 Å². The van der Waals surface area contributed by atoms with Crippen molar-refractivity contribution in [2.45, 2.75) is 65.0 Å². The van der Waals surface area contributed by atoms with Crippen LogP contribution in [-0.2, 0) is 14.0 Å². The Hall–Kier alpha value is -1.79. The summed E-state index contributed by atoms with van der Waals surface area (Å²) in [6.07, 6.45) is 4.37. The van der Waals surface area contributed by atoms with Crippen molar-refractivity contribution in [1.82, 2.24) is 0 Å². The van der Waals surface area contributed by atoms with Crippen LogP contribution in [0, 0.1) is 17.3 Å². The van der Waals surface area contributed by atoms with Gasteiger partial charge in [-0.05, 0) is 43.1 Å². The first-order valence-electron chi connectivity index (χ1n) is 10.2. The molecule has 6 rings (SSSR count). The Labute approximate surface area is 166 Å². The highest BCUT2D eigenvalue weighted by Gasteiger charge is 2.67. The van der Waals surface area contributed by atoms with Gasteiger partial charge in [0.05, 0.1) is 11.7 Å². The molecule has 1 saturated heterocycles. The van der Waals surface area contributed by atoms with E-state index in [9.17, 15) is 4.79 Å². The largest absolute Gasteiger partial charge is 0.486 e. The average Bonchev–Trinajstić information content (AvgIpc) is 2.95. The Morgan fingerprint density at radius 2 is 1.89 bits per heavy atom. The van der Waals surface area contributed by atoms with Crippen LogP contribution in [0.15, 0.2) is 24.2 Å². The zero-order valence-corrected chi connectivity index (χ0v) is 17.2. The Morgan fingerprint density at radius 3 is 2.64 bits per heavy atom. The molecule has 2 bridgehead atoms. The van der Waals surface area contributed by atoms with E-state index < -0.39 is 5.79 Å². The lowest BCUT2D eigenvalue weighted by Gasteiger charge is -2.64. The fraction of sp³-hybridized carbons (Fsp3) is 0.591. The van der Waals surface area contributed by atoms with E-state index in [1.54, 1.807) is 19.9 Å². The fourth-order valence-electron chi connectivity index (χ4n) is 5.67. The molecule has 4 atom stereocenters. The Morgan fingerprint density at radius 1 is 1.11 bits per heavy atom. The van der Waals surface area contributed by atoms with Crippen molar-refractivity contribution < 1.29 is 23.6 Å². The van der Waals surface area contributed by atoms with E-state index in [-0.39, 0.29) is 24.8 Å². The lowest BCUT2D eigenvalue weighted by atomic mass is 9.43. The summed E-state index contributed by atoms with van der Waals surface area (Å²) in [5, 5.41) is 0. The Kier molecular flexibility index (Phi) is 3.68.